The Kier molecular flexibility index (Phi) is 5.10. The van der Waals surface area contributed by atoms with Crippen LogP contribution < -0.4 is 4.90 Å². The van der Waals surface area contributed by atoms with Crippen molar-refractivity contribution >= 4 is 11.6 Å². The molecule has 24 heavy (non-hydrogen) atoms. The molecule has 1 aliphatic carbocycles. The molecule has 2 heterocycles. The summed E-state index contributed by atoms with van der Waals surface area (Å²) in [5, 5.41) is 8.61. The molecular weight excluding hydrogens is 306 g/mol. The van der Waals surface area contributed by atoms with E-state index in [-0.39, 0.29) is 5.91 Å². The van der Waals surface area contributed by atoms with Gasteiger partial charge in [-0.2, -0.15) is 10.2 Å². The van der Waals surface area contributed by atoms with Crippen molar-refractivity contribution in [2.45, 2.75) is 39.1 Å². The van der Waals surface area contributed by atoms with Crippen LogP contribution in [0.4, 0.5) is 5.69 Å². The van der Waals surface area contributed by atoms with Gasteiger partial charge in [-0.25, -0.2) is 4.68 Å². The topological polar surface area (TPSA) is 65.2 Å². The summed E-state index contributed by atoms with van der Waals surface area (Å²) >= 11 is 0. The van der Waals surface area contributed by atoms with Gasteiger partial charge in [0.2, 0.25) is 0 Å². The van der Waals surface area contributed by atoms with E-state index >= 15 is 0 Å². The van der Waals surface area contributed by atoms with Gasteiger partial charge in [0, 0.05) is 26.0 Å². The fourth-order valence-electron chi connectivity index (χ4n) is 2.83. The number of hydrogen-bond donors (Lipinski definition) is 0. The zero-order valence-corrected chi connectivity index (χ0v) is 14.0. The summed E-state index contributed by atoms with van der Waals surface area (Å²) in [6.45, 7) is 5.26. The minimum atomic E-state index is -0.164. The lowest BCUT2D eigenvalue weighted by molar-refractivity contribution is -0.114. The number of carbonyl (C=O) groups excluding carboxylic acids is 1. The molecule has 0 saturated heterocycles. The zero-order valence-electron chi connectivity index (χ0n) is 14.0. The van der Waals surface area contributed by atoms with E-state index in [2.05, 4.69) is 16.8 Å². The summed E-state index contributed by atoms with van der Waals surface area (Å²) in [6, 6.07) is 1.88. The Morgan fingerprint density at radius 3 is 3.00 bits per heavy atom. The van der Waals surface area contributed by atoms with Crippen LogP contribution in [0.25, 0.3) is 0 Å². The highest BCUT2D eigenvalue weighted by Crippen LogP contribution is 2.28. The van der Waals surface area contributed by atoms with Crippen LogP contribution in [0, 0.1) is 5.92 Å². The van der Waals surface area contributed by atoms with Crippen molar-refractivity contribution in [1.29, 1.82) is 0 Å². The number of ether oxygens (including phenoxy) is 1. The average molecular weight is 329 g/mol. The standard InChI is InChI=1S/C17H23N5O2/c1-3-17(23)21(12-15-7-8-18-22(15)13-24-2)16-9-19-20(11-16)10-14-5-4-6-14/h3,7-9,11,14H,1,4-6,10,12-13H2,2H3. The van der Waals surface area contributed by atoms with E-state index in [1.807, 2.05) is 16.9 Å². The maximum Gasteiger partial charge on any atom is 0.250 e. The Balaban J connectivity index is 1.77. The van der Waals surface area contributed by atoms with Crippen molar-refractivity contribution < 1.29 is 9.53 Å². The predicted octanol–water partition coefficient (Wildman–Crippen LogP) is 2.20. The molecule has 1 fully saturated rings. The summed E-state index contributed by atoms with van der Waals surface area (Å²) in [6.07, 6.45) is 10.5. The number of rotatable bonds is 8. The van der Waals surface area contributed by atoms with E-state index in [1.54, 1.807) is 29.1 Å². The summed E-state index contributed by atoms with van der Waals surface area (Å²) in [4.78, 5) is 14.0. The van der Waals surface area contributed by atoms with Crippen molar-refractivity contribution in [2.24, 2.45) is 5.92 Å². The van der Waals surface area contributed by atoms with Gasteiger partial charge in [0.05, 0.1) is 24.1 Å². The van der Waals surface area contributed by atoms with Crippen LogP contribution in [0.2, 0.25) is 0 Å². The van der Waals surface area contributed by atoms with E-state index in [4.69, 9.17) is 4.74 Å². The number of aromatic nitrogens is 4. The summed E-state index contributed by atoms with van der Waals surface area (Å²) in [5.74, 6) is 0.549. The highest BCUT2D eigenvalue weighted by atomic mass is 16.5. The van der Waals surface area contributed by atoms with Gasteiger partial charge in [-0.1, -0.05) is 13.0 Å². The van der Waals surface area contributed by atoms with E-state index < -0.39 is 0 Å². The number of hydrogen-bond acceptors (Lipinski definition) is 4. The lowest BCUT2D eigenvalue weighted by Gasteiger charge is -2.25. The molecule has 0 N–H and O–H groups in total. The largest absolute Gasteiger partial charge is 0.362 e. The molecule has 3 rings (SSSR count). The number of carbonyl (C=O) groups is 1. The van der Waals surface area contributed by atoms with Crippen LogP contribution in [0.3, 0.4) is 0 Å². The number of nitrogens with zero attached hydrogens (tertiary/aromatic N) is 5. The first-order valence-electron chi connectivity index (χ1n) is 8.17. The van der Waals surface area contributed by atoms with Crippen LogP contribution in [0.15, 0.2) is 37.3 Å². The average Bonchev–Trinajstić information content (AvgIpc) is 3.18. The SMILES string of the molecule is C=CC(=O)N(Cc1ccnn1COC)c1cnn(CC2CCC2)c1. The first-order valence-corrected chi connectivity index (χ1v) is 8.17. The molecule has 128 valence electrons. The summed E-state index contributed by atoms with van der Waals surface area (Å²) < 4.78 is 8.78. The smallest absolute Gasteiger partial charge is 0.250 e. The molecule has 2 aromatic rings. The van der Waals surface area contributed by atoms with Crippen LogP contribution >= 0.6 is 0 Å². The minimum Gasteiger partial charge on any atom is -0.362 e. The number of amides is 1. The van der Waals surface area contributed by atoms with Crippen LogP contribution in [0.1, 0.15) is 25.0 Å². The van der Waals surface area contributed by atoms with Crippen molar-refractivity contribution in [3.63, 3.8) is 0 Å². The van der Waals surface area contributed by atoms with E-state index in [9.17, 15) is 4.79 Å². The molecule has 0 unspecified atom stereocenters. The lowest BCUT2D eigenvalue weighted by atomic mass is 9.85. The monoisotopic (exact) mass is 329 g/mol. The van der Waals surface area contributed by atoms with Crippen molar-refractivity contribution in [2.75, 3.05) is 12.0 Å². The molecule has 1 aliphatic rings. The van der Waals surface area contributed by atoms with Gasteiger partial charge in [-0.15, -0.1) is 0 Å². The highest BCUT2D eigenvalue weighted by molar-refractivity contribution is 6.00. The Morgan fingerprint density at radius 1 is 1.50 bits per heavy atom. The van der Waals surface area contributed by atoms with E-state index in [0.717, 1.165) is 17.9 Å². The molecule has 0 bridgehead atoms. The van der Waals surface area contributed by atoms with Crippen LogP contribution in [-0.4, -0.2) is 32.6 Å². The third-order valence-electron chi connectivity index (χ3n) is 4.42. The molecule has 0 atom stereocenters. The van der Waals surface area contributed by atoms with Crippen molar-refractivity contribution in [3.8, 4) is 0 Å². The second-order valence-corrected chi connectivity index (χ2v) is 6.09. The zero-order chi connectivity index (χ0) is 16.9. The fraction of sp³-hybridized carbons (Fsp3) is 0.471. The molecule has 7 nitrogen and oxygen atoms in total. The molecule has 7 heteroatoms. The third-order valence-corrected chi connectivity index (χ3v) is 4.42. The maximum absolute atomic E-state index is 12.3. The molecule has 2 aromatic heterocycles. The summed E-state index contributed by atoms with van der Waals surface area (Å²) in [7, 11) is 1.61. The highest BCUT2D eigenvalue weighted by Gasteiger charge is 2.21. The first kappa shape index (κ1) is 16.4. The molecule has 1 saturated carbocycles. The molecule has 0 spiro atoms. The lowest BCUT2D eigenvalue weighted by Crippen LogP contribution is -2.29. The second-order valence-electron chi connectivity index (χ2n) is 6.09. The second kappa shape index (κ2) is 7.44. The molecule has 0 aromatic carbocycles. The fourth-order valence-corrected chi connectivity index (χ4v) is 2.83. The van der Waals surface area contributed by atoms with Gasteiger partial charge in [-0.05, 0) is 30.9 Å². The Bertz CT molecular complexity index is 701. The van der Waals surface area contributed by atoms with Gasteiger partial charge in [0.1, 0.15) is 6.73 Å². The molecule has 1 amide bonds. The predicted molar refractivity (Wildman–Crippen MR) is 90.2 cm³/mol. The number of anilines is 1. The third kappa shape index (κ3) is 3.56. The minimum absolute atomic E-state index is 0.164. The van der Waals surface area contributed by atoms with E-state index in [0.29, 0.717) is 19.2 Å². The summed E-state index contributed by atoms with van der Waals surface area (Å²) in [5.41, 5.74) is 1.66. The van der Waals surface area contributed by atoms with Crippen molar-refractivity contribution in [3.05, 3.63) is 43.0 Å². The normalized spacial score (nSPS) is 14.4. The maximum atomic E-state index is 12.3. The van der Waals surface area contributed by atoms with Crippen LogP contribution in [0.5, 0.6) is 0 Å². The Morgan fingerprint density at radius 2 is 2.33 bits per heavy atom. The van der Waals surface area contributed by atoms with Gasteiger partial charge < -0.3 is 4.74 Å². The van der Waals surface area contributed by atoms with Crippen molar-refractivity contribution in [1.82, 2.24) is 19.6 Å². The van der Waals surface area contributed by atoms with Gasteiger partial charge in [0.15, 0.2) is 0 Å². The molecular formula is C17H23N5O2. The van der Waals surface area contributed by atoms with Gasteiger partial charge in [-0.3, -0.25) is 14.4 Å². The Hall–Kier alpha value is -2.41. The first-order chi connectivity index (χ1) is 11.7. The number of methoxy groups -OCH3 is 1. The Labute approximate surface area is 141 Å². The molecule has 0 radical (unpaired) electrons. The van der Waals surface area contributed by atoms with Crippen LogP contribution in [-0.2, 0) is 29.4 Å². The van der Waals surface area contributed by atoms with Gasteiger partial charge >= 0.3 is 0 Å². The van der Waals surface area contributed by atoms with E-state index in [1.165, 1.54) is 25.3 Å². The molecule has 0 aliphatic heterocycles. The van der Waals surface area contributed by atoms with Gasteiger partial charge in [0.25, 0.3) is 5.91 Å². The quantitative estimate of drug-likeness (QED) is 0.697.